The van der Waals surface area contributed by atoms with Crippen LogP contribution in [0, 0.1) is 12.7 Å². The number of nitrogens with one attached hydrogen (secondary N) is 1. The SMILES string of the molecule is Cc1cc(C(F)c2cccc3c2NCC3)ccc1F. The van der Waals surface area contributed by atoms with Gasteiger partial charge in [0.05, 0.1) is 0 Å². The normalized spacial score (nSPS) is 14.9. The van der Waals surface area contributed by atoms with Gasteiger partial charge in [-0.15, -0.1) is 0 Å². The van der Waals surface area contributed by atoms with Crippen LogP contribution in [0.1, 0.15) is 28.4 Å². The molecule has 0 aromatic heterocycles. The van der Waals surface area contributed by atoms with E-state index in [1.54, 1.807) is 19.1 Å². The summed E-state index contributed by atoms with van der Waals surface area (Å²) in [6, 6.07) is 10.1. The van der Waals surface area contributed by atoms with Crippen molar-refractivity contribution in [2.75, 3.05) is 11.9 Å². The molecule has 0 fully saturated rings. The van der Waals surface area contributed by atoms with Gasteiger partial charge in [0.15, 0.2) is 6.17 Å². The molecule has 0 aliphatic carbocycles. The van der Waals surface area contributed by atoms with Crippen molar-refractivity contribution in [3.05, 3.63) is 64.5 Å². The van der Waals surface area contributed by atoms with Gasteiger partial charge >= 0.3 is 0 Å². The third-order valence-corrected chi connectivity index (χ3v) is 3.63. The van der Waals surface area contributed by atoms with Gasteiger partial charge < -0.3 is 5.32 Å². The fourth-order valence-electron chi connectivity index (χ4n) is 2.58. The summed E-state index contributed by atoms with van der Waals surface area (Å²) in [6.45, 7) is 2.50. The van der Waals surface area contributed by atoms with Crippen LogP contribution in [-0.4, -0.2) is 6.54 Å². The van der Waals surface area contributed by atoms with Crippen LogP contribution in [0.2, 0.25) is 0 Å². The second-order valence-electron chi connectivity index (χ2n) is 4.93. The largest absolute Gasteiger partial charge is 0.384 e. The van der Waals surface area contributed by atoms with Crippen LogP contribution < -0.4 is 5.32 Å². The van der Waals surface area contributed by atoms with Crippen molar-refractivity contribution in [2.24, 2.45) is 0 Å². The zero-order valence-corrected chi connectivity index (χ0v) is 10.7. The molecule has 3 heteroatoms. The number of hydrogen-bond donors (Lipinski definition) is 1. The Bertz CT molecular complexity index is 622. The number of rotatable bonds is 2. The first-order chi connectivity index (χ1) is 9.16. The third-order valence-electron chi connectivity index (χ3n) is 3.63. The van der Waals surface area contributed by atoms with E-state index >= 15 is 0 Å². The lowest BCUT2D eigenvalue weighted by atomic mass is 9.97. The van der Waals surface area contributed by atoms with Gasteiger partial charge in [0.25, 0.3) is 0 Å². The average molecular weight is 259 g/mol. The van der Waals surface area contributed by atoms with Crippen LogP contribution in [0.4, 0.5) is 14.5 Å². The Hall–Kier alpha value is -1.90. The highest BCUT2D eigenvalue weighted by Gasteiger charge is 2.21. The lowest BCUT2D eigenvalue weighted by Crippen LogP contribution is -2.01. The van der Waals surface area contributed by atoms with E-state index in [1.165, 1.54) is 12.1 Å². The third kappa shape index (κ3) is 2.09. The molecule has 0 saturated heterocycles. The number of fused-ring (bicyclic) bond motifs is 1. The Balaban J connectivity index is 2.02. The van der Waals surface area contributed by atoms with Crippen LogP contribution in [0.5, 0.6) is 0 Å². The second-order valence-corrected chi connectivity index (χ2v) is 4.93. The molecule has 0 saturated carbocycles. The summed E-state index contributed by atoms with van der Waals surface area (Å²) in [6.07, 6.45) is -0.293. The molecule has 1 unspecified atom stereocenters. The summed E-state index contributed by atoms with van der Waals surface area (Å²) in [5, 5.41) is 3.23. The zero-order valence-electron chi connectivity index (χ0n) is 10.7. The van der Waals surface area contributed by atoms with Crippen molar-refractivity contribution in [1.82, 2.24) is 0 Å². The summed E-state index contributed by atoms with van der Waals surface area (Å²) in [5.74, 6) is -0.299. The van der Waals surface area contributed by atoms with Crippen molar-refractivity contribution in [3.8, 4) is 0 Å². The van der Waals surface area contributed by atoms with Crippen LogP contribution in [-0.2, 0) is 6.42 Å². The fourth-order valence-corrected chi connectivity index (χ4v) is 2.58. The molecule has 0 radical (unpaired) electrons. The molecule has 2 aromatic rings. The Morgan fingerprint density at radius 3 is 2.84 bits per heavy atom. The summed E-state index contributed by atoms with van der Waals surface area (Å²) < 4.78 is 27.9. The quantitative estimate of drug-likeness (QED) is 0.853. The van der Waals surface area contributed by atoms with Crippen molar-refractivity contribution in [1.29, 1.82) is 0 Å². The van der Waals surface area contributed by atoms with Crippen LogP contribution in [0.3, 0.4) is 0 Å². The molecular weight excluding hydrogens is 244 g/mol. The molecule has 19 heavy (non-hydrogen) atoms. The first-order valence-corrected chi connectivity index (χ1v) is 6.42. The second kappa shape index (κ2) is 4.65. The van der Waals surface area contributed by atoms with E-state index in [0.717, 1.165) is 24.2 Å². The maximum absolute atomic E-state index is 14.7. The average Bonchev–Trinajstić information content (AvgIpc) is 2.89. The molecule has 2 aromatic carbocycles. The standard InChI is InChI=1S/C16H15F2N/c1-10-9-12(5-6-14(10)17)15(18)13-4-2-3-11-7-8-19-16(11)13/h2-6,9,15,19H,7-8H2,1H3. The van der Waals surface area contributed by atoms with E-state index in [9.17, 15) is 8.78 Å². The summed E-state index contributed by atoms with van der Waals surface area (Å²) in [5.41, 5.74) is 3.67. The maximum Gasteiger partial charge on any atom is 0.152 e. The number of halogens is 2. The van der Waals surface area contributed by atoms with Gasteiger partial charge in [-0.1, -0.05) is 24.3 Å². The van der Waals surface area contributed by atoms with E-state index in [4.69, 9.17) is 0 Å². The molecule has 1 N–H and O–H groups in total. The van der Waals surface area contributed by atoms with Gasteiger partial charge in [0, 0.05) is 17.8 Å². The highest BCUT2D eigenvalue weighted by molar-refractivity contribution is 5.63. The number of para-hydroxylation sites is 1. The number of alkyl halides is 1. The highest BCUT2D eigenvalue weighted by Crippen LogP contribution is 2.36. The lowest BCUT2D eigenvalue weighted by Gasteiger charge is -2.14. The zero-order chi connectivity index (χ0) is 13.4. The maximum atomic E-state index is 14.7. The topological polar surface area (TPSA) is 12.0 Å². The van der Waals surface area contributed by atoms with E-state index < -0.39 is 6.17 Å². The predicted molar refractivity (Wildman–Crippen MR) is 72.7 cm³/mol. The van der Waals surface area contributed by atoms with Gasteiger partial charge in [0.1, 0.15) is 5.82 Å². The molecule has 1 aliphatic rings. The van der Waals surface area contributed by atoms with Crippen LogP contribution in [0.25, 0.3) is 0 Å². The molecule has 98 valence electrons. The van der Waals surface area contributed by atoms with Crippen molar-refractivity contribution in [3.63, 3.8) is 0 Å². The Kier molecular flexibility index (Phi) is 2.97. The smallest absolute Gasteiger partial charge is 0.152 e. The van der Waals surface area contributed by atoms with Crippen molar-refractivity contribution < 1.29 is 8.78 Å². The first-order valence-electron chi connectivity index (χ1n) is 6.42. The van der Waals surface area contributed by atoms with Gasteiger partial charge in [0.2, 0.25) is 0 Å². The summed E-state index contributed by atoms with van der Waals surface area (Å²) >= 11 is 0. The number of benzene rings is 2. The molecule has 0 amide bonds. The van der Waals surface area contributed by atoms with Crippen LogP contribution >= 0.6 is 0 Å². The molecule has 3 rings (SSSR count). The predicted octanol–water partition coefficient (Wildman–Crippen LogP) is 4.16. The van der Waals surface area contributed by atoms with Crippen LogP contribution in [0.15, 0.2) is 36.4 Å². The first kappa shape index (κ1) is 12.2. The summed E-state index contributed by atoms with van der Waals surface area (Å²) in [4.78, 5) is 0. The molecule has 0 spiro atoms. The van der Waals surface area contributed by atoms with E-state index in [-0.39, 0.29) is 5.82 Å². The lowest BCUT2D eigenvalue weighted by molar-refractivity contribution is 0.402. The minimum Gasteiger partial charge on any atom is -0.384 e. The Morgan fingerprint density at radius 2 is 2.05 bits per heavy atom. The number of anilines is 1. The van der Waals surface area contributed by atoms with Gasteiger partial charge in [-0.3, -0.25) is 0 Å². The summed E-state index contributed by atoms with van der Waals surface area (Å²) in [7, 11) is 0. The van der Waals surface area contributed by atoms with E-state index in [0.29, 0.717) is 16.7 Å². The van der Waals surface area contributed by atoms with E-state index in [2.05, 4.69) is 5.32 Å². The minimum absolute atomic E-state index is 0.299. The Morgan fingerprint density at radius 1 is 1.21 bits per heavy atom. The Labute approximate surface area is 111 Å². The van der Waals surface area contributed by atoms with Gasteiger partial charge in [-0.2, -0.15) is 0 Å². The van der Waals surface area contributed by atoms with Crippen molar-refractivity contribution >= 4 is 5.69 Å². The van der Waals surface area contributed by atoms with E-state index in [1.807, 2.05) is 12.1 Å². The van der Waals surface area contributed by atoms with Gasteiger partial charge in [-0.25, -0.2) is 8.78 Å². The van der Waals surface area contributed by atoms with Crippen molar-refractivity contribution in [2.45, 2.75) is 19.5 Å². The molecule has 0 bridgehead atoms. The van der Waals surface area contributed by atoms with Gasteiger partial charge in [-0.05, 0) is 42.2 Å². The molecule has 1 atom stereocenters. The molecule has 1 aliphatic heterocycles. The molecule has 1 nitrogen and oxygen atoms in total. The minimum atomic E-state index is -1.22. The number of hydrogen-bond acceptors (Lipinski definition) is 1. The highest BCUT2D eigenvalue weighted by atomic mass is 19.1. The number of aryl methyl sites for hydroxylation is 1. The molecular formula is C16H15F2N. The monoisotopic (exact) mass is 259 g/mol. The fraction of sp³-hybridized carbons (Fsp3) is 0.250. The molecule has 1 heterocycles.